The van der Waals surface area contributed by atoms with E-state index in [1.807, 2.05) is 16.5 Å². The maximum Gasteiger partial charge on any atom is 0.320 e. The third-order valence-corrected chi connectivity index (χ3v) is 5.72. The molecule has 2 unspecified atom stereocenters. The van der Waals surface area contributed by atoms with Crippen LogP contribution in [0, 0.1) is 5.92 Å². The van der Waals surface area contributed by atoms with Crippen LogP contribution in [0.2, 0.25) is 0 Å². The predicted octanol–water partition coefficient (Wildman–Crippen LogP) is 1.86. The van der Waals surface area contributed by atoms with E-state index in [0.717, 1.165) is 39.3 Å². The Labute approximate surface area is 129 Å². The van der Waals surface area contributed by atoms with Crippen LogP contribution in [0.25, 0.3) is 0 Å². The van der Waals surface area contributed by atoms with E-state index in [1.54, 1.807) is 11.3 Å². The maximum absolute atomic E-state index is 12.6. The standard InChI is InChI=1S/C15H22N4OS/c20-15(18-4-1-2-5-18)19-9-12-7-13(19)10-17(8-12)11-14-16-3-6-21-14/h3,6,12-13H,1-2,4-5,7-11H2. The zero-order valence-corrected chi connectivity index (χ0v) is 13.1. The van der Waals surface area contributed by atoms with Gasteiger partial charge < -0.3 is 9.80 Å². The molecule has 6 heteroatoms. The Hall–Kier alpha value is -1.14. The van der Waals surface area contributed by atoms with Crippen molar-refractivity contribution in [1.29, 1.82) is 0 Å². The van der Waals surface area contributed by atoms with Crippen LogP contribution in [0.5, 0.6) is 0 Å². The summed E-state index contributed by atoms with van der Waals surface area (Å²) in [4.78, 5) is 23.7. The summed E-state index contributed by atoms with van der Waals surface area (Å²) in [6.07, 6.45) is 5.41. The number of piperidine rings is 1. The third kappa shape index (κ3) is 2.66. The average Bonchev–Trinajstić information content (AvgIpc) is 3.19. The molecule has 3 saturated heterocycles. The highest BCUT2D eigenvalue weighted by atomic mass is 32.1. The van der Waals surface area contributed by atoms with Crippen LogP contribution in [0.4, 0.5) is 4.79 Å². The molecule has 0 radical (unpaired) electrons. The van der Waals surface area contributed by atoms with Crippen molar-refractivity contribution >= 4 is 17.4 Å². The quantitative estimate of drug-likeness (QED) is 0.837. The van der Waals surface area contributed by atoms with Crippen LogP contribution in [0.15, 0.2) is 11.6 Å². The average molecular weight is 306 g/mol. The molecule has 3 fully saturated rings. The molecule has 0 N–H and O–H groups in total. The van der Waals surface area contributed by atoms with E-state index in [4.69, 9.17) is 0 Å². The lowest BCUT2D eigenvalue weighted by molar-refractivity contribution is 0.138. The lowest BCUT2D eigenvalue weighted by Gasteiger charge is -2.33. The summed E-state index contributed by atoms with van der Waals surface area (Å²) in [5, 5.41) is 3.23. The van der Waals surface area contributed by atoms with E-state index in [2.05, 4.69) is 14.8 Å². The minimum atomic E-state index is 0.288. The van der Waals surface area contributed by atoms with Crippen molar-refractivity contribution in [3.8, 4) is 0 Å². The summed E-state index contributed by atoms with van der Waals surface area (Å²) in [6, 6.07) is 0.702. The molecule has 1 aromatic rings. The number of likely N-dealkylation sites (tertiary alicyclic amines) is 3. The molecule has 2 atom stereocenters. The SMILES string of the molecule is O=C(N1CCCC1)N1CC2CC1CN(Cc1nccs1)C2. The Balaban J connectivity index is 1.41. The molecule has 0 spiro atoms. The molecule has 4 heterocycles. The van der Waals surface area contributed by atoms with Crippen LogP contribution < -0.4 is 0 Å². The summed E-state index contributed by atoms with van der Waals surface area (Å²) in [5.41, 5.74) is 0. The third-order valence-electron chi connectivity index (χ3n) is 4.95. The first-order chi connectivity index (χ1) is 10.3. The van der Waals surface area contributed by atoms with Gasteiger partial charge >= 0.3 is 6.03 Å². The summed E-state index contributed by atoms with van der Waals surface area (Å²) < 4.78 is 0. The number of urea groups is 1. The van der Waals surface area contributed by atoms with Gasteiger partial charge in [0.25, 0.3) is 0 Å². The molecular formula is C15H22N4OS. The molecule has 3 aliphatic rings. The minimum Gasteiger partial charge on any atom is -0.325 e. The molecule has 2 amide bonds. The highest BCUT2D eigenvalue weighted by Crippen LogP contribution is 2.31. The van der Waals surface area contributed by atoms with Crippen molar-refractivity contribution in [3.63, 3.8) is 0 Å². The number of hydrogen-bond acceptors (Lipinski definition) is 4. The van der Waals surface area contributed by atoms with E-state index in [1.165, 1.54) is 24.3 Å². The lowest BCUT2D eigenvalue weighted by atomic mass is 10.0. The molecule has 3 aliphatic heterocycles. The molecule has 1 aromatic heterocycles. The molecule has 0 saturated carbocycles. The van der Waals surface area contributed by atoms with E-state index >= 15 is 0 Å². The highest BCUT2D eigenvalue weighted by molar-refractivity contribution is 7.09. The Kier molecular flexibility index (Phi) is 3.59. The van der Waals surface area contributed by atoms with Crippen molar-refractivity contribution < 1.29 is 4.79 Å². The van der Waals surface area contributed by atoms with Crippen LogP contribution in [-0.4, -0.2) is 64.5 Å². The monoisotopic (exact) mass is 306 g/mol. The Bertz CT molecular complexity index is 500. The first-order valence-corrected chi connectivity index (χ1v) is 8.84. The predicted molar refractivity (Wildman–Crippen MR) is 82.2 cm³/mol. The van der Waals surface area contributed by atoms with Crippen LogP contribution in [0.1, 0.15) is 24.3 Å². The zero-order valence-electron chi connectivity index (χ0n) is 12.3. The summed E-state index contributed by atoms with van der Waals surface area (Å²) in [6.45, 7) is 5.92. The van der Waals surface area contributed by atoms with E-state index in [-0.39, 0.29) is 6.03 Å². The van der Waals surface area contributed by atoms with Gasteiger partial charge in [-0.05, 0) is 25.2 Å². The second kappa shape index (κ2) is 5.57. The summed E-state index contributed by atoms with van der Waals surface area (Å²) >= 11 is 1.73. The lowest BCUT2D eigenvalue weighted by Crippen LogP contribution is -2.47. The number of carbonyl (C=O) groups is 1. The number of thiazole rings is 1. The summed E-state index contributed by atoms with van der Waals surface area (Å²) in [5.74, 6) is 0.648. The van der Waals surface area contributed by atoms with Crippen molar-refractivity contribution in [2.45, 2.75) is 31.8 Å². The maximum atomic E-state index is 12.6. The molecule has 5 nitrogen and oxygen atoms in total. The van der Waals surface area contributed by atoms with Gasteiger partial charge in [-0.25, -0.2) is 9.78 Å². The Morgan fingerprint density at radius 3 is 2.90 bits per heavy atom. The van der Waals surface area contributed by atoms with Crippen molar-refractivity contribution in [1.82, 2.24) is 19.7 Å². The van der Waals surface area contributed by atoms with Gasteiger partial charge in [-0.2, -0.15) is 0 Å². The van der Waals surface area contributed by atoms with Crippen molar-refractivity contribution in [3.05, 3.63) is 16.6 Å². The number of nitrogens with zero attached hydrogens (tertiary/aromatic N) is 4. The fraction of sp³-hybridized carbons (Fsp3) is 0.733. The summed E-state index contributed by atoms with van der Waals surface area (Å²) in [7, 11) is 0. The van der Waals surface area contributed by atoms with Gasteiger partial charge in [0.1, 0.15) is 5.01 Å². The first-order valence-electron chi connectivity index (χ1n) is 7.96. The number of carbonyl (C=O) groups excluding carboxylic acids is 1. The largest absolute Gasteiger partial charge is 0.325 e. The van der Waals surface area contributed by atoms with Gasteiger partial charge in [0.2, 0.25) is 0 Å². The van der Waals surface area contributed by atoms with Crippen LogP contribution in [0.3, 0.4) is 0 Å². The highest BCUT2D eigenvalue weighted by Gasteiger charge is 2.42. The van der Waals surface area contributed by atoms with E-state index in [0.29, 0.717) is 12.0 Å². The molecule has 0 aliphatic carbocycles. The van der Waals surface area contributed by atoms with Gasteiger partial charge in [0, 0.05) is 50.3 Å². The molecule has 2 bridgehead atoms. The zero-order chi connectivity index (χ0) is 14.2. The van der Waals surface area contributed by atoms with Gasteiger partial charge in [0.15, 0.2) is 0 Å². The smallest absolute Gasteiger partial charge is 0.320 e. The van der Waals surface area contributed by atoms with Gasteiger partial charge in [-0.1, -0.05) is 0 Å². The van der Waals surface area contributed by atoms with E-state index in [9.17, 15) is 4.79 Å². The molecule has 21 heavy (non-hydrogen) atoms. The molecule has 0 aromatic carbocycles. The fourth-order valence-electron chi connectivity index (χ4n) is 4.03. The topological polar surface area (TPSA) is 39.7 Å². The molecular weight excluding hydrogens is 284 g/mol. The fourth-order valence-corrected chi connectivity index (χ4v) is 4.69. The molecule has 4 rings (SSSR count). The second-order valence-corrected chi connectivity index (χ2v) is 7.48. The van der Waals surface area contributed by atoms with Crippen LogP contribution >= 0.6 is 11.3 Å². The minimum absolute atomic E-state index is 0.288. The van der Waals surface area contributed by atoms with Crippen molar-refractivity contribution in [2.24, 2.45) is 5.92 Å². The van der Waals surface area contributed by atoms with E-state index < -0.39 is 0 Å². The normalized spacial score (nSPS) is 29.3. The van der Waals surface area contributed by atoms with Crippen LogP contribution in [-0.2, 0) is 6.54 Å². The van der Waals surface area contributed by atoms with Crippen molar-refractivity contribution in [2.75, 3.05) is 32.7 Å². The second-order valence-electron chi connectivity index (χ2n) is 6.50. The molecule has 114 valence electrons. The number of fused-ring (bicyclic) bond motifs is 2. The first kappa shape index (κ1) is 13.5. The Morgan fingerprint density at radius 2 is 2.14 bits per heavy atom. The number of aromatic nitrogens is 1. The number of hydrogen-bond donors (Lipinski definition) is 0. The Morgan fingerprint density at radius 1 is 1.29 bits per heavy atom. The van der Waals surface area contributed by atoms with Gasteiger partial charge in [-0.3, -0.25) is 4.90 Å². The van der Waals surface area contributed by atoms with Gasteiger partial charge in [0.05, 0.1) is 6.54 Å². The number of rotatable bonds is 2. The number of amides is 2. The van der Waals surface area contributed by atoms with Gasteiger partial charge in [-0.15, -0.1) is 11.3 Å².